The van der Waals surface area contributed by atoms with Gasteiger partial charge in [0.25, 0.3) is 5.91 Å². The van der Waals surface area contributed by atoms with Crippen molar-refractivity contribution in [2.24, 2.45) is 0 Å². The van der Waals surface area contributed by atoms with Crippen LogP contribution in [0.1, 0.15) is 68.9 Å². The minimum absolute atomic E-state index is 0.0332. The van der Waals surface area contributed by atoms with Crippen molar-refractivity contribution in [2.75, 3.05) is 0 Å². The Balaban J connectivity index is 1.71. The van der Waals surface area contributed by atoms with Crippen molar-refractivity contribution in [3.8, 4) is 0 Å². The van der Waals surface area contributed by atoms with Gasteiger partial charge in [0.2, 0.25) is 0 Å². The van der Waals surface area contributed by atoms with Crippen molar-refractivity contribution in [3.63, 3.8) is 0 Å². The third-order valence-corrected chi connectivity index (χ3v) is 5.93. The zero-order chi connectivity index (χ0) is 19.7. The van der Waals surface area contributed by atoms with Crippen LogP contribution in [0, 0.1) is 0 Å². The molecule has 2 aromatic rings. The summed E-state index contributed by atoms with van der Waals surface area (Å²) >= 11 is 1.89. The monoisotopic (exact) mass is 381 g/mol. The molecule has 1 saturated carbocycles. The standard InChI is InChI=1S/C24H31NOS/c1-23(2,3)27-21-13-9-17(10-14-21)16-24(4,5)19-8-6-7-18(15-19)22(26)25-20-11-12-20/h6-10,13-15,20H,11-12,16H2,1-5H3,(H,25,26). The van der Waals surface area contributed by atoms with Crippen molar-refractivity contribution in [1.29, 1.82) is 0 Å². The number of carbonyl (C=O) groups excluding carboxylic acids is 1. The largest absolute Gasteiger partial charge is 0.349 e. The summed E-state index contributed by atoms with van der Waals surface area (Å²) in [6, 6.07) is 17.4. The average Bonchev–Trinajstić information content (AvgIpc) is 3.39. The van der Waals surface area contributed by atoms with E-state index in [-0.39, 0.29) is 16.1 Å². The van der Waals surface area contributed by atoms with Crippen LogP contribution >= 0.6 is 11.8 Å². The lowest BCUT2D eigenvalue weighted by molar-refractivity contribution is 0.0951. The van der Waals surface area contributed by atoms with Gasteiger partial charge in [0, 0.05) is 21.2 Å². The summed E-state index contributed by atoms with van der Waals surface area (Å²) in [5, 5.41) is 3.08. The minimum Gasteiger partial charge on any atom is -0.349 e. The molecule has 1 N–H and O–H groups in total. The first-order chi connectivity index (χ1) is 12.6. The summed E-state index contributed by atoms with van der Waals surface area (Å²) in [5.41, 5.74) is 3.27. The smallest absolute Gasteiger partial charge is 0.251 e. The number of benzene rings is 2. The zero-order valence-corrected chi connectivity index (χ0v) is 18.0. The van der Waals surface area contributed by atoms with Crippen LogP contribution in [0.2, 0.25) is 0 Å². The maximum Gasteiger partial charge on any atom is 0.251 e. The second-order valence-electron chi connectivity index (χ2n) is 9.25. The summed E-state index contributed by atoms with van der Waals surface area (Å²) in [6.07, 6.45) is 3.17. The lowest BCUT2D eigenvalue weighted by Crippen LogP contribution is -2.26. The normalized spacial score (nSPS) is 14.9. The number of thioether (sulfide) groups is 1. The molecule has 0 heterocycles. The highest BCUT2D eigenvalue weighted by Gasteiger charge is 2.26. The first kappa shape index (κ1) is 20.0. The van der Waals surface area contributed by atoms with Gasteiger partial charge in [0.15, 0.2) is 0 Å². The Morgan fingerprint density at radius 3 is 2.30 bits per heavy atom. The van der Waals surface area contributed by atoms with Crippen molar-refractivity contribution in [3.05, 3.63) is 65.2 Å². The molecule has 0 atom stereocenters. The van der Waals surface area contributed by atoms with E-state index < -0.39 is 0 Å². The summed E-state index contributed by atoms with van der Waals surface area (Å²) in [4.78, 5) is 13.7. The molecule has 1 fully saturated rings. The van der Waals surface area contributed by atoms with Crippen LogP contribution in [0.25, 0.3) is 0 Å². The molecule has 3 rings (SSSR count). The third-order valence-electron chi connectivity index (χ3n) is 4.81. The van der Waals surface area contributed by atoms with E-state index in [0.717, 1.165) is 24.8 Å². The number of nitrogens with one attached hydrogen (secondary N) is 1. The molecule has 0 bridgehead atoms. The van der Waals surface area contributed by atoms with Crippen LogP contribution in [0.5, 0.6) is 0 Å². The second-order valence-corrected chi connectivity index (χ2v) is 11.1. The molecule has 0 saturated heterocycles. The molecular weight excluding hydrogens is 350 g/mol. The van der Waals surface area contributed by atoms with Gasteiger partial charge in [-0.2, -0.15) is 0 Å². The van der Waals surface area contributed by atoms with Gasteiger partial charge in [0.05, 0.1) is 0 Å². The Bertz CT molecular complexity index is 798. The third kappa shape index (κ3) is 5.87. The van der Waals surface area contributed by atoms with Gasteiger partial charge < -0.3 is 5.32 Å². The van der Waals surface area contributed by atoms with Crippen LogP contribution < -0.4 is 5.32 Å². The predicted molar refractivity (Wildman–Crippen MR) is 116 cm³/mol. The van der Waals surface area contributed by atoms with Gasteiger partial charge in [-0.05, 0) is 60.1 Å². The predicted octanol–water partition coefficient (Wildman–Crippen LogP) is 5.99. The molecule has 0 unspecified atom stereocenters. The SMILES string of the molecule is CC(C)(C)Sc1ccc(CC(C)(C)c2cccc(C(=O)NC3CC3)c2)cc1. The van der Waals surface area contributed by atoms with Crippen molar-refractivity contribution in [1.82, 2.24) is 5.32 Å². The second kappa shape index (κ2) is 7.71. The molecule has 1 aliphatic rings. The number of amides is 1. The van der Waals surface area contributed by atoms with Gasteiger partial charge in [-0.3, -0.25) is 4.79 Å². The maximum absolute atomic E-state index is 12.4. The topological polar surface area (TPSA) is 29.1 Å². The lowest BCUT2D eigenvalue weighted by Gasteiger charge is -2.26. The first-order valence-corrected chi connectivity index (χ1v) is 10.6. The van der Waals surface area contributed by atoms with Gasteiger partial charge in [-0.25, -0.2) is 0 Å². The Hall–Kier alpha value is -1.74. The molecule has 0 radical (unpaired) electrons. The van der Waals surface area contributed by atoms with E-state index in [1.165, 1.54) is 16.0 Å². The summed E-state index contributed by atoms with van der Waals surface area (Å²) < 4.78 is 0.224. The van der Waals surface area contributed by atoms with Gasteiger partial charge in [-0.15, -0.1) is 11.8 Å². The summed E-state index contributed by atoms with van der Waals surface area (Å²) in [7, 11) is 0. The van der Waals surface area contributed by atoms with E-state index in [2.05, 4.69) is 76.3 Å². The van der Waals surface area contributed by atoms with Crippen molar-refractivity contribution < 1.29 is 4.79 Å². The van der Waals surface area contributed by atoms with E-state index in [9.17, 15) is 4.79 Å². The Morgan fingerprint density at radius 1 is 1.04 bits per heavy atom. The minimum atomic E-state index is -0.0332. The number of hydrogen-bond donors (Lipinski definition) is 1. The van der Waals surface area contributed by atoms with E-state index in [1.54, 1.807) is 0 Å². The first-order valence-electron chi connectivity index (χ1n) is 9.82. The van der Waals surface area contributed by atoms with Gasteiger partial charge >= 0.3 is 0 Å². The zero-order valence-electron chi connectivity index (χ0n) is 17.1. The summed E-state index contributed by atoms with van der Waals surface area (Å²) in [5.74, 6) is 0.0544. The number of rotatable bonds is 6. The van der Waals surface area contributed by atoms with Gasteiger partial charge in [-0.1, -0.05) is 58.9 Å². The van der Waals surface area contributed by atoms with E-state index in [4.69, 9.17) is 0 Å². The fraction of sp³-hybridized carbons (Fsp3) is 0.458. The van der Waals surface area contributed by atoms with Crippen LogP contribution in [0.15, 0.2) is 53.4 Å². The molecule has 2 nitrogen and oxygen atoms in total. The molecule has 1 aliphatic carbocycles. The quantitative estimate of drug-likeness (QED) is 0.623. The van der Waals surface area contributed by atoms with Crippen molar-refractivity contribution >= 4 is 17.7 Å². The Morgan fingerprint density at radius 2 is 1.70 bits per heavy atom. The highest BCUT2D eigenvalue weighted by molar-refractivity contribution is 8.00. The van der Waals surface area contributed by atoms with Crippen molar-refractivity contribution in [2.45, 2.75) is 75.0 Å². The fourth-order valence-corrected chi connectivity index (χ4v) is 4.20. The van der Waals surface area contributed by atoms with E-state index in [0.29, 0.717) is 6.04 Å². The van der Waals surface area contributed by atoms with Crippen LogP contribution in [0.3, 0.4) is 0 Å². The molecule has 144 valence electrons. The molecule has 0 spiro atoms. The molecule has 3 heteroatoms. The molecule has 27 heavy (non-hydrogen) atoms. The Kier molecular flexibility index (Phi) is 5.71. The van der Waals surface area contributed by atoms with Crippen LogP contribution in [-0.2, 0) is 11.8 Å². The highest BCUT2D eigenvalue weighted by Crippen LogP contribution is 2.33. The van der Waals surface area contributed by atoms with Crippen LogP contribution in [0.4, 0.5) is 0 Å². The number of carbonyl (C=O) groups is 1. The fourth-order valence-electron chi connectivity index (χ4n) is 3.22. The maximum atomic E-state index is 12.4. The number of hydrogen-bond acceptors (Lipinski definition) is 2. The lowest BCUT2D eigenvalue weighted by atomic mass is 9.78. The molecule has 2 aromatic carbocycles. The average molecular weight is 382 g/mol. The molecule has 1 amide bonds. The molecular formula is C24H31NOS. The van der Waals surface area contributed by atoms with Crippen LogP contribution in [-0.4, -0.2) is 16.7 Å². The Labute approximate surface area is 168 Å². The van der Waals surface area contributed by atoms with E-state index >= 15 is 0 Å². The van der Waals surface area contributed by atoms with E-state index in [1.807, 2.05) is 23.9 Å². The highest BCUT2D eigenvalue weighted by atomic mass is 32.2. The molecule has 0 aliphatic heterocycles. The summed E-state index contributed by atoms with van der Waals surface area (Å²) in [6.45, 7) is 11.2. The van der Waals surface area contributed by atoms with Gasteiger partial charge in [0.1, 0.15) is 0 Å². The molecule has 0 aromatic heterocycles.